The average molecular weight is 347 g/mol. The number of alkyl halides is 3. The number of imidazole rings is 1. The molecule has 0 spiro atoms. The smallest absolute Gasteiger partial charge is 0.325 e. The van der Waals surface area contributed by atoms with Gasteiger partial charge in [0.15, 0.2) is 0 Å². The van der Waals surface area contributed by atoms with E-state index in [0.29, 0.717) is 17.6 Å². The second-order valence-electron chi connectivity index (χ2n) is 7.06. The summed E-state index contributed by atoms with van der Waals surface area (Å²) in [6, 6.07) is 7.53. The molecule has 0 aliphatic rings. The topological polar surface area (TPSA) is 43.3 Å². The predicted molar refractivity (Wildman–Crippen MR) is 92.3 cm³/mol. The molecule has 2 N–H and O–H groups in total. The monoisotopic (exact) mass is 347 g/mol. The molecule has 2 aromatic heterocycles. The summed E-state index contributed by atoms with van der Waals surface area (Å²) in [5.41, 5.74) is 8.86. The van der Waals surface area contributed by atoms with Crippen LogP contribution in [0.2, 0.25) is 0 Å². The van der Waals surface area contributed by atoms with E-state index in [-0.39, 0.29) is 5.54 Å². The van der Waals surface area contributed by atoms with E-state index in [2.05, 4.69) is 4.98 Å². The van der Waals surface area contributed by atoms with E-state index in [0.717, 1.165) is 22.9 Å². The van der Waals surface area contributed by atoms with E-state index >= 15 is 0 Å². The summed E-state index contributed by atoms with van der Waals surface area (Å²) in [5.74, 6) is 0. The number of halogens is 3. The van der Waals surface area contributed by atoms with E-state index in [1.807, 2.05) is 36.6 Å². The molecule has 0 aliphatic carbocycles. The fourth-order valence-electron chi connectivity index (χ4n) is 3.01. The maximum absolute atomic E-state index is 12.9. The summed E-state index contributed by atoms with van der Waals surface area (Å²) in [6.45, 7) is 5.56. The summed E-state index contributed by atoms with van der Waals surface area (Å²) in [7, 11) is 0. The molecule has 0 bridgehead atoms. The van der Waals surface area contributed by atoms with Crippen LogP contribution in [0.3, 0.4) is 0 Å². The van der Waals surface area contributed by atoms with E-state index in [1.54, 1.807) is 13.1 Å². The summed E-state index contributed by atoms with van der Waals surface area (Å²) < 4.78 is 40.6. The molecule has 2 heterocycles. The molecule has 0 fully saturated rings. The number of pyridine rings is 1. The highest BCUT2D eigenvalue weighted by Gasteiger charge is 2.30. The summed E-state index contributed by atoms with van der Waals surface area (Å²) in [4.78, 5) is 4.48. The van der Waals surface area contributed by atoms with Crippen molar-refractivity contribution in [3.05, 3.63) is 59.5 Å². The number of hydrogen-bond donors (Lipinski definition) is 1. The highest BCUT2D eigenvalue weighted by molar-refractivity contribution is 5.80. The fraction of sp³-hybridized carbons (Fsp3) is 0.316. The van der Waals surface area contributed by atoms with Crippen LogP contribution in [-0.4, -0.2) is 14.9 Å². The second-order valence-corrected chi connectivity index (χ2v) is 7.06. The summed E-state index contributed by atoms with van der Waals surface area (Å²) in [6.07, 6.45) is -0.0364. The van der Waals surface area contributed by atoms with Crippen LogP contribution in [-0.2, 0) is 12.6 Å². The number of aromatic nitrogens is 2. The molecule has 6 heteroatoms. The van der Waals surface area contributed by atoms with Crippen LogP contribution in [0, 0.1) is 6.92 Å². The lowest BCUT2D eigenvalue weighted by Gasteiger charge is -2.18. The Morgan fingerprint density at radius 3 is 2.44 bits per heavy atom. The maximum Gasteiger partial charge on any atom is 0.416 e. The van der Waals surface area contributed by atoms with Gasteiger partial charge >= 0.3 is 6.18 Å². The first kappa shape index (κ1) is 17.5. The largest absolute Gasteiger partial charge is 0.416 e. The standard InChI is InChI=1S/C19H20F3N3/c1-12-9-13(19(20,21)22)6-7-15(12)16-5-4-8-25-14(10-18(2,3)23)11-24-17(16)25/h4-9,11H,10,23H2,1-3H3. The number of rotatable bonds is 3. The van der Waals surface area contributed by atoms with Crippen molar-refractivity contribution in [3.63, 3.8) is 0 Å². The first-order chi connectivity index (χ1) is 11.6. The van der Waals surface area contributed by atoms with Crippen LogP contribution in [0.5, 0.6) is 0 Å². The highest BCUT2D eigenvalue weighted by atomic mass is 19.4. The third-order valence-corrected chi connectivity index (χ3v) is 4.09. The van der Waals surface area contributed by atoms with Gasteiger partial charge in [0.1, 0.15) is 5.65 Å². The molecule has 0 aliphatic heterocycles. The molecule has 0 saturated heterocycles. The molecule has 1 aromatic carbocycles. The fourth-order valence-corrected chi connectivity index (χ4v) is 3.01. The van der Waals surface area contributed by atoms with Gasteiger partial charge in [-0.05, 0) is 56.2 Å². The first-order valence-corrected chi connectivity index (χ1v) is 7.98. The molecule has 0 saturated carbocycles. The van der Waals surface area contributed by atoms with Gasteiger partial charge in [-0.3, -0.25) is 0 Å². The van der Waals surface area contributed by atoms with E-state index in [1.165, 1.54) is 12.1 Å². The van der Waals surface area contributed by atoms with E-state index in [4.69, 9.17) is 5.73 Å². The Bertz CT molecular complexity index is 918. The molecule has 0 radical (unpaired) electrons. The van der Waals surface area contributed by atoms with Crippen molar-refractivity contribution in [1.82, 2.24) is 9.38 Å². The van der Waals surface area contributed by atoms with Gasteiger partial charge in [0.05, 0.1) is 5.56 Å². The summed E-state index contributed by atoms with van der Waals surface area (Å²) in [5, 5.41) is 0. The number of benzene rings is 1. The van der Waals surface area contributed by atoms with Crippen LogP contribution in [0.4, 0.5) is 13.2 Å². The van der Waals surface area contributed by atoms with Gasteiger partial charge in [0, 0.05) is 35.6 Å². The Morgan fingerprint density at radius 1 is 1.12 bits per heavy atom. The normalized spacial score (nSPS) is 12.8. The van der Waals surface area contributed by atoms with Crippen molar-refractivity contribution in [2.45, 2.75) is 38.9 Å². The van der Waals surface area contributed by atoms with Crippen molar-refractivity contribution < 1.29 is 13.2 Å². The maximum atomic E-state index is 12.9. The van der Waals surface area contributed by atoms with E-state index in [9.17, 15) is 13.2 Å². The molecule has 0 amide bonds. The van der Waals surface area contributed by atoms with Crippen LogP contribution in [0.25, 0.3) is 16.8 Å². The second kappa shape index (κ2) is 5.88. The van der Waals surface area contributed by atoms with Crippen molar-refractivity contribution >= 4 is 5.65 Å². The van der Waals surface area contributed by atoms with Gasteiger partial charge in [-0.25, -0.2) is 4.98 Å². The molecule has 0 unspecified atom stereocenters. The number of fused-ring (bicyclic) bond motifs is 1. The quantitative estimate of drug-likeness (QED) is 0.752. The average Bonchev–Trinajstić information content (AvgIpc) is 2.88. The van der Waals surface area contributed by atoms with Crippen molar-refractivity contribution in [3.8, 4) is 11.1 Å². The third kappa shape index (κ3) is 3.54. The molecular formula is C19H20F3N3. The molecule has 25 heavy (non-hydrogen) atoms. The lowest BCUT2D eigenvalue weighted by atomic mass is 9.98. The minimum atomic E-state index is -4.34. The Labute approximate surface area is 144 Å². The van der Waals surface area contributed by atoms with Gasteiger partial charge in [0.2, 0.25) is 0 Å². The number of nitrogens with zero attached hydrogens (tertiary/aromatic N) is 2. The van der Waals surface area contributed by atoms with Crippen molar-refractivity contribution in [1.29, 1.82) is 0 Å². The molecule has 3 rings (SSSR count). The van der Waals surface area contributed by atoms with Crippen LogP contribution < -0.4 is 5.73 Å². The Hall–Kier alpha value is -2.34. The van der Waals surface area contributed by atoms with Crippen molar-refractivity contribution in [2.24, 2.45) is 5.73 Å². The predicted octanol–water partition coefficient (Wildman–Crippen LogP) is 4.61. The minimum absolute atomic E-state index is 0.379. The van der Waals surface area contributed by atoms with Crippen molar-refractivity contribution in [2.75, 3.05) is 0 Å². The summed E-state index contributed by atoms with van der Waals surface area (Å²) >= 11 is 0. The molecule has 3 nitrogen and oxygen atoms in total. The van der Waals surface area contributed by atoms with Gasteiger partial charge < -0.3 is 10.1 Å². The number of hydrogen-bond acceptors (Lipinski definition) is 2. The molecule has 3 aromatic rings. The molecule has 0 atom stereocenters. The third-order valence-electron chi connectivity index (χ3n) is 4.09. The zero-order valence-corrected chi connectivity index (χ0v) is 14.4. The van der Waals surface area contributed by atoms with Gasteiger partial charge in [-0.15, -0.1) is 0 Å². The lowest BCUT2D eigenvalue weighted by molar-refractivity contribution is -0.137. The highest BCUT2D eigenvalue weighted by Crippen LogP contribution is 2.34. The number of aryl methyl sites for hydroxylation is 1. The van der Waals surface area contributed by atoms with Crippen LogP contribution in [0.15, 0.2) is 42.7 Å². The Balaban J connectivity index is 2.11. The zero-order valence-electron chi connectivity index (χ0n) is 14.4. The minimum Gasteiger partial charge on any atom is -0.325 e. The zero-order chi connectivity index (χ0) is 18.4. The molecular weight excluding hydrogens is 327 g/mol. The van der Waals surface area contributed by atoms with Crippen LogP contribution in [0.1, 0.15) is 30.7 Å². The SMILES string of the molecule is Cc1cc(C(F)(F)F)ccc1-c1cccn2c(CC(C)(C)N)cnc12. The Kier molecular flexibility index (Phi) is 4.11. The van der Waals surface area contributed by atoms with E-state index < -0.39 is 11.7 Å². The first-order valence-electron chi connectivity index (χ1n) is 7.98. The van der Waals surface area contributed by atoms with Gasteiger partial charge in [-0.2, -0.15) is 13.2 Å². The van der Waals surface area contributed by atoms with Crippen LogP contribution >= 0.6 is 0 Å². The van der Waals surface area contributed by atoms with Gasteiger partial charge in [-0.1, -0.05) is 6.07 Å². The lowest BCUT2D eigenvalue weighted by Crippen LogP contribution is -2.34. The molecule has 132 valence electrons. The number of nitrogens with two attached hydrogens (primary N) is 1. The van der Waals surface area contributed by atoms with Gasteiger partial charge in [0.25, 0.3) is 0 Å². The Morgan fingerprint density at radius 2 is 1.84 bits per heavy atom.